The first-order valence-electron chi connectivity index (χ1n) is 37.1. The van der Waals surface area contributed by atoms with Gasteiger partial charge in [0.05, 0.1) is 32.3 Å². The lowest BCUT2D eigenvalue weighted by Crippen LogP contribution is -2.63. The van der Waals surface area contributed by atoms with Crippen LogP contribution in [0.4, 0.5) is 0 Å². The zero-order chi connectivity index (χ0) is 80.8. The Morgan fingerprint density at radius 1 is 0.509 bits per heavy atom. The summed E-state index contributed by atoms with van der Waals surface area (Å²) in [4.78, 5) is 181. The number of carbonyl (C=O) groups is 11. The highest BCUT2D eigenvalue weighted by Gasteiger charge is 2.46. The van der Waals surface area contributed by atoms with Crippen LogP contribution in [-0.2, 0) is 52.7 Å². The van der Waals surface area contributed by atoms with Crippen LogP contribution in [0.1, 0.15) is 156 Å². The van der Waals surface area contributed by atoms with E-state index >= 15 is 9.59 Å². The van der Waals surface area contributed by atoms with Crippen molar-refractivity contribution in [3.63, 3.8) is 0 Å². The summed E-state index contributed by atoms with van der Waals surface area (Å²) in [7, 11) is 12.9. The maximum atomic E-state index is 15.1. The number of fused-ring (bicyclic) bond motifs is 1. The molecule has 2 heterocycles. The molecule has 3 aromatic rings. The summed E-state index contributed by atoms with van der Waals surface area (Å²) < 4.78 is 16.5. The van der Waals surface area contributed by atoms with Gasteiger partial charge in [-0.1, -0.05) is 145 Å². The quantitative estimate of drug-likeness (QED) is 0.0823. The normalized spacial score (nSPS) is 23.7. The van der Waals surface area contributed by atoms with E-state index in [9.17, 15) is 53.1 Å². The zero-order valence-electron chi connectivity index (χ0n) is 67.8. The molecule has 1 aliphatic rings. The van der Waals surface area contributed by atoms with E-state index in [1.807, 2.05) is 91.8 Å². The lowest BCUT2D eigenvalue weighted by Gasteiger charge is -2.41. The van der Waals surface area contributed by atoms with Crippen LogP contribution in [0.2, 0.25) is 0 Å². The third-order valence-corrected chi connectivity index (χ3v) is 19.4. The smallest absolute Gasteiger partial charge is 0.246 e. The number of methoxy groups -OCH3 is 2. The van der Waals surface area contributed by atoms with E-state index in [-0.39, 0.29) is 67.0 Å². The van der Waals surface area contributed by atoms with Crippen molar-refractivity contribution in [3.8, 4) is 22.8 Å². The van der Waals surface area contributed by atoms with E-state index in [0.717, 1.165) is 15.4 Å². The highest BCUT2D eigenvalue weighted by Crippen LogP contribution is 2.34. The second-order valence-corrected chi connectivity index (χ2v) is 30.6. The number of hydrogen-bond acceptors (Lipinski definition) is 16. The number of amides is 11. The fraction of sp³-hybridized carbons (Fsp3) is 0.646. The minimum atomic E-state index is -1.61. The summed E-state index contributed by atoms with van der Waals surface area (Å²) in [5.41, 5.74) is 0.986. The number of nitrogens with one attached hydrogen (secondary N) is 4. The van der Waals surface area contributed by atoms with E-state index in [1.54, 1.807) is 79.9 Å². The van der Waals surface area contributed by atoms with Crippen LogP contribution < -0.4 is 36.2 Å². The Balaban J connectivity index is 0.00000117. The Labute approximate surface area is 628 Å². The Morgan fingerprint density at radius 3 is 1.48 bits per heavy atom. The number of benzene rings is 2. The van der Waals surface area contributed by atoms with Crippen molar-refractivity contribution >= 4 is 75.9 Å². The number of hydrogen-bond donors (Lipinski definition) is 5. The average molecular weight is 1480 g/mol. The highest BCUT2D eigenvalue weighted by molar-refractivity contribution is 6.00. The second-order valence-electron chi connectivity index (χ2n) is 30.6. The van der Waals surface area contributed by atoms with Crippen molar-refractivity contribution in [2.24, 2.45) is 41.4 Å². The van der Waals surface area contributed by atoms with Gasteiger partial charge in [0, 0.05) is 54.9 Å². The van der Waals surface area contributed by atoms with Crippen molar-refractivity contribution in [2.75, 3.05) is 70.1 Å². The molecule has 106 heavy (non-hydrogen) atoms. The van der Waals surface area contributed by atoms with Crippen molar-refractivity contribution in [3.05, 3.63) is 70.9 Å². The molecule has 0 bridgehead atoms. The number of allylic oxidation sites excluding steroid dienone is 2. The molecule has 27 heteroatoms. The van der Waals surface area contributed by atoms with E-state index < -0.39 is 156 Å². The number of nitrogens with zero attached hydrogens (tertiary/aromatic N) is 7. The molecule has 0 aliphatic carbocycles. The molecule has 1 fully saturated rings. The first kappa shape index (κ1) is 91.3. The second kappa shape index (κ2) is 41.9. The summed E-state index contributed by atoms with van der Waals surface area (Å²) in [6, 6.07) is 2.25. The minimum absolute atomic E-state index is 0.0229. The van der Waals surface area contributed by atoms with Crippen LogP contribution in [-0.4, -0.2) is 241 Å². The van der Waals surface area contributed by atoms with Gasteiger partial charge in [0.25, 0.3) is 0 Å². The number of para-hydroxylation sites is 1. The molecule has 0 saturated carbocycles. The Bertz CT molecular complexity index is 3580. The predicted molar refractivity (Wildman–Crippen MR) is 409 cm³/mol. The van der Waals surface area contributed by atoms with E-state index in [0.29, 0.717) is 28.9 Å². The van der Waals surface area contributed by atoms with Gasteiger partial charge in [0.1, 0.15) is 60.4 Å². The van der Waals surface area contributed by atoms with Gasteiger partial charge in [-0.15, -0.1) is 0 Å². The SMILES string of the molecule is CC=CCC(C)C(O)C1C(=O)NC(CC)C(=O)N(C)CC(=O)N(C)C(CC(C)C)C(=O)NC(C(C)C)C(=O)N(C)C(CC(C)C)C(=O)NC(C)C(=O)NC(C)C(=O)N(C)C(CC(C)C)C(=O)N(C)C(CC(C)C)C(=O)N(C)C(C(C)C)C(=O)N1C.COc1c(-c2ccccc2)oc2c(OC)cccc2c1=O. The number of aliphatic hydroxyl groups is 1. The maximum Gasteiger partial charge on any atom is 0.246 e. The van der Waals surface area contributed by atoms with Crippen molar-refractivity contribution in [2.45, 2.75) is 223 Å². The third-order valence-electron chi connectivity index (χ3n) is 19.4. The van der Waals surface area contributed by atoms with Crippen LogP contribution in [0.3, 0.4) is 0 Å². The highest BCUT2D eigenvalue weighted by atomic mass is 16.5. The third kappa shape index (κ3) is 24.1. The van der Waals surface area contributed by atoms with Gasteiger partial charge in [-0.3, -0.25) is 57.5 Å². The summed E-state index contributed by atoms with van der Waals surface area (Å²) in [6.07, 6.45) is 3.04. The fourth-order valence-corrected chi connectivity index (χ4v) is 13.0. The number of likely N-dealkylation sites (N-methyl/N-ethyl adjacent to an activating group) is 7. The van der Waals surface area contributed by atoms with E-state index in [4.69, 9.17) is 13.9 Å². The number of rotatable bonds is 18. The Hall–Kier alpha value is -8.88. The van der Waals surface area contributed by atoms with Gasteiger partial charge in [-0.05, 0) is 113 Å². The van der Waals surface area contributed by atoms with Crippen LogP contribution in [0.15, 0.2) is 69.9 Å². The minimum Gasteiger partial charge on any atom is -0.493 e. The molecule has 0 spiro atoms. The molecule has 27 nitrogen and oxygen atoms in total. The first-order chi connectivity index (χ1) is 49.5. The molecule has 4 rings (SSSR count). The number of ether oxygens (including phenoxy) is 2. The molecule has 11 amide bonds. The average Bonchev–Trinajstić information content (AvgIpc) is 0.782. The molecule has 1 saturated heterocycles. The van der Waals surface area contributed by atoms with Crippen LogP contribution in [0.25, 0.3) is 22.3 Å². The standard InChI is InChI=1S/C62H111N11O12.C17H14O4/c1-25-27-28-40(15)52(75)51-56(79)65-43(26-2)58(81)67(18)33-48(74)68(19)44(29-34(3)4)55(78)66-49(38(11)12)61(84)69(20)45(30-35(5)6)54(77)63-41(16)53(76)64-42(17)57(80)70(21)46(31-36(7)8)59(82)71(22)47(32-37(9)10)60(83)72(23)50(39(13)14)62(85)73(51)24;1-19-13-10-6-9-12-14(18)17(20-2)15(21-16(12)13)11-7-4-3-5-8-11/h25,27,34-47,49-52,75H,26,28-33H2,1-24H3,(H,63,77)(H,64,76)(H,65,79)(H,66,78);3-10H,1-2H3. The van der Waals surface area contributed by atoms with Gasteiger partial charge in [-0.2, -0.15) is 0 Å². The number of carbonyl (C=O) groups excluding carboxylic acids is 11. The molecular weight excluding hydrogens is 1360 g/mol. The maximum absolute atomic E-state index is 15.1. The molecule has 12 atom stereocenters. The Kier molecular flexibility index (Phi) is 36.1. The molecule has 592 valence electrons. The first-order valence-corrected chi connectivity index (χ1v) is 37.1. The van der Waals surface area contributed by atoms with Gasteiger partial charge < -0.3 is 74.6 Å². The lowest BCUT2D eigenvalue weighted by atomic mass is 9.91. The number of aliphatic hydroxyl groups excluding tert-OH is 1. The summed E-state index contributed by atoms with van der Waals surface area (Å²) in [5.74, 6) is -8.59. The molecule has 2 aromatic carbocycles. The van der Waals surface area contributed by atoms with Crippen molar-refractivity contribution < 1.29 is 71.7 Å². The van der Waals surface area contributed by atoms with E-state index in [2.05, 4.69) is 21.3 Å². The fourth-order valence-electron chi connectivity index (χ4n) is 13.0. The van der Waals surface area contributed by atoms with Gasteiger partial charge in [0.2, 0.25) is 76.2 Å². The van der Waals surface area contributed by atoms with Gasteiger partial charge in [-0.25, -0.2) is 0 Å². The van der Waals surface area contributed by atoms with Crippen LogP contribution in [0, 0.1) is 41.4 Å². The topological polar surface area (TPSA) is 327 Å². The molecule has 1 aromatic heterocycles. The van der Waals surface area contributed by atoms with Gasteiger partial charge in [0.15, 0.2) is 17.1 Å². The largest absolute Gasteiger partial charge is 0.493 e. The van der Waals surface area contributed by atoms with Crippen LogP contribution >= 0.6 is 0 Å². The molecule has 5 N–H and O–H groups in total. The predicted octanol–water partition coefficient (Wildman–Crippen LogP) is 6.75. The zero-order valence-corrected chi connectivity index (χ0v) is 67.8. The molecule has 1 aliphatic heterocycles. The summed E-state index contributed by atoms with van der Waals surface area (Å²) in [5, 5.41) is 23.5. The van der Waals surface area contributed by atoms with Crippen LogP contribution in [0.5, 0.6) is 11.5 Å². The summed E-state index contributed by atoms with van der Waals surface area (Å²) >= 11 is 0. The molecular formula is C79H125N11O16. The van der Waals surface area contributed by atoms with E-state index in [1.165, 1.54) is 94.8 Å². The van der Waals surface area contributed by atoms with Crippen molar-refractivity contribution in [1.82, 2.24) is 55.6 Å². The van der Waals surface area contributed by atoms with Crippen molar-refractivity contribution in [1.29, 1.82) is 0 Å². The lowest BCUT2D eigenvalue weighted by molar-refractivity contribution is -0.157. The monoisotopic (exact) mass is 1480 g/mol. The molecule has 0 radical (unpaired) electrons. The summed E-state index contributed by atoms with van der Waals surface area (Å²) in [6.45, 7) is 29.3. The van der Waals surface area contributed by atoms with Gasteiger partial charge >= 0.3 is 0 Å². The molecule has 12 unspecified atom stereocenters. The Morgan fingerprint density at radius 2 is 0.991 bits per heavy atom.